The summed E-state index contributed by atoms with van der Waals surface area (Å²) in [6, 6.07) is 22.9. The summed E-state index contributed by atoms with van der Waals surface area (Å²) in [5.74, 6) is -0.378. The minimum atomic E-state index is -2.22. The number of nitrogens with zero attached hydrogens (tertiary/aromatic N) is 1. The zero-order valence-corrected chi connectivity index (χ0v) is 29.2. The van der Waals surface area contributed by atoms with E-state index in [0.717, 1.165) is 22.4 Å². The molecule has 0 saturated heterocycles. The highest BCUT2D eigenvalue weighted by Crippen LogP contribution is 2.40. The molecule has 0 aromatic heterocycles. The van der Waals surface area contributed by atoms with Gasteiger partial charge in [-0.25, -0.2) is 9.59 Å². The highest BCUT2D eigenvalue weighted by molar-refractivity contribution is 6.74. The van der Waals surface area contributed by atoms with Crippen LogP contribution in [0.1, 0.15) is 63.6 Å². The number of anilines is 1. The largest absolute Gasteiger partial charge is 0.465 e. The van der Waals surface area contributed by atoms with Crippen LogP contribution < -0.4 is 5.32 Å². The Bertz CT molecular complexity index is 1430. The number of carbonyl (C=O) groups excluding carboxylic acids is 2. The Kier molecular flexibility index (Phi) is 11.7. The molecule has 1 N–H and O–H groups in total. The molecule has 3 aromatic rings. The van der Waals surface area contributed by atoms with Gasteiger partial charge in [-0.3, -0.25) is 0 Å². The zero-order chi connectivity index (χ0) is 32.7. The molecule has 3 aromatic carbocycles. The van der Waals surface area contributed by atoms with Gasteiger partial charge in [-0.15, -0.1) is 0 Å². The third-order valence-electron chi connectivity index (χ3n) is 7.69. The van der Waals surface area contributed by atoms with Gasteiger partial charge < -0.3 is 24.1 Å². The van der Waals surface area contributed by atoms with E-state index in [4.69, 9.17) is 25.5 Å². The standard InChI is InChI=1S/C35H47ClN2O5Si/c1-34(2,3)42-33(40)38(24-31(27-15-11-17-29(36)22-27)43-44(8,9)35(4,5)6)20-19-37-30-18-12-14-26(23-30)25-13-10-16-28(21-25)32(39)41-7/h10-18,21-23,31,37H,19-20,24H2,1-9H3/t31-/m0/s1. The van der Waals surface area contributed by atoms with Gasteiger partial charge in [0.1, 0.15) is 5.60 Å². The third kappa shape index (κ3) is 10.1. The van der Waals surface area contributed by atoms with Crippen LogP contribution in [-0.2, 0) is 13.9 Å². The summed E-state index contributed by atoms with van der Waals surface area (Å²) >= 11 is 6.39. The van der Waals surface area contributed by atoms with Crippen molar-refractivity contribution in [3.63, 3.8) is 0 Å². The first-order valence-corrected chi connectivity index (χ1v) is 18.2. The van der Waals surface area contributed by atoms with Crippen LogP contribution in [-0.4, -0.2) is 57.6 Å². The van der Waals surface area contributed by atoms with E-state index in [1.165, 1.54) is 7.11 Å². The molecule has 0 radical (unpaired) electrons. The topological polar surface area (TPSA) is 77.1 Å². The van der Waals surface area contributed by atoms with E-state index in [0.29, 0.717) is 30.2 Å². The van der Waals surface area contributed by atoms with Crippen LogP contribution in [0.3, 0.4) is 0 Å². The lowest BCUT2D eigenvalue weighted by atomic mass is 10.0. The molecule has 7 nitrogen and oxygen atoms in total. The average molecular weight is 639 g/mol. The first kappa shape index (κ1) is 35.1. The minimum Gasteiger partial charge on any atom is -0.465 e. The molecule has 0 aliphatic carbocycles. The lowest BCUT2D eigenvalue weighted by Gasteiger charge is -2.40. The number of halogens is 1. The SMILES string of the molecule is COC(=O)c1cccc(-c2cccc(NCCN(C[C@H](O[Si](C)(C)C(C)(C)C)c3cccc(Cl)c3)C(=O)OC(C)(C)C)c2)c1. The van der Waals surface area contributed by atoms with Gasteiger partial charge in [0.15, 0.2) is 8.32 Å². The number of hydrogen-bond donors (Lipinski definition) is 1. The normalized spacial score (nSPS) is 12.8. The van der Waals surface area contributed by atoms with Crippen molar-refractivity contribution in [1.29, 1.82) is 0 Å². The van der Waals surface area contributed by atoms with E-state index in [-0.39, 0.29) is 17.1 Å². The second kappa shape index (κ2) is 14.6. The van der Waals surface area contributed by atoms with E-state index in [2.05, 4.69) is 39.2 Å². The van der Waals surface area contributed by atoms with E-state index >= 15 is 0 Å². The number of hydrogen-bond acceptors (Lipinski definition) is 6. The molecule has 3 rings (SSSR count). The number of ether oxygens (including phenoxy) is 2. The lowest BCUT2D eigenvalue weighted by Crippen LogP contribution is -2.46. The Hall–Kier alpha value is -3.33. The summed E-state index contributed by atoms with van der Waals surface area (Å²) in [6.45, 7) is 17.8. The van der Waals surface area contributed by atoms with Crippen LogP contribution in [0.2, 0.25) is 23.2 Å². The molecule has 9 heteroatoms. The molecule has 0 saturated carbocycles. The van der Waals surface area contributed by atoms with E-state index in [1.54, 1.807) is 11.0 Å². The van der Waals surface area contributed by atoms with Crippen LogP contribution >= 0.6 is 11.6 Å². The van der Waals surface area contributed by atoms with Crippen LogP contribution in [0.25, 0.3) is 11.1 Å². The fourth-order valence-electron chi connectivity index (χ4n) is 4.32. The average Bonchev–Trinajstić information content (AvgIpc) is 2.94. The number of esters is 1. The smallest absolute Gasteiger partial charge is 0.410 e. The maximum atomic E-state index is 13.5. The van der Waals surface area contributed by atoms with Gasteiger partial charge in [0.25, 0.3) is 0 Å². The molecule has 0 aliphatic rings. The number of rotatable bonds is 11. The molecule has 0 bridgehead atoms. The van der Waals surface area contributed by atoms with E-state index < -0.39 is 20.0 Å². The van der Waals surface area contributed by atoms with Gasteiger partial charge >= 0.3 is 12.1 Å². The van der Waals surface area contributed by atoms with Gasteiger partial charge in [-0.2, -0.15) is 0 Å². The van der Waals surface area contributed by atoms with Crippen LogP contribution in [0.5, 0.6) is 0 Å². The molecule has 0 aliphatic heterocycles. The van der Waals surface area contributed by atoms with Crippen molar-refractivity contribution in [1.82, 2.24) is 4.90 Å². The Morgan fingerprint density at radius 1 is 0.909 bits per heavy atom. The summed E-state index contributed by atoms with van der Waals surface area (Å²) in [7, 11) is -0.847. The molecule has 44 heavy (non-hydrogen) atoms. The molecule has 1 amide bonds. The van der Waals surface area contributed by atoms with Crippen molar-refractivity contribution >= 4 is 37.7 Å². The van der Waals surface area contributed by atoms with Crippen molar-refractivity contribution in [3.05, 3.63) is 88.9 Å². The highest BCUT2D eigenvalue weighted by atomic mass is 35.5. The van der Waals surface area contributed by atoms with Gasteiger partial charge in [0.2, 0.25) is 0 Å². The van der Waals surface area contributed by atoms with Crippen LogP contribution in [0, 0.1) is 0 Å². The second-order valence-corrected chi connectivity index (χ2v) is 18.6. The summed E-state index contributed by atoms with van der Waals surface area (Å²) in [5.41, 5.74) is 3.50. The Morgan fingerprint density at radius 2 is 1.55 bits per heavy atom. The molecule has 0 fully saturated rings. The summed E-state index contributed by atoms with van der Waals surface area (Å²) in [5, 5.41) is 4.05. The maximum absolute atomic E-state index is 13.5. The van der Waals surface area contributed by atoms with Crippen molar-refractivity contribution in [3.8, 4) is 11.1 Å². The van der Waals surface area contributed by atoms with E-state index in [1.807, 2.05) is 87.5 Å². The zero-order valence-electron chi connectivity index (χ0n) is 27.5. The Balaban J connectivity index is 1.84. The molecule has 238 valence electrons. The molecule has 0 unspecified atom stereocenters. The first-order chi connectivity index (χ1) is 20.5. The molecule has 0 heterocycles. The lowest BCUT2D eigenvalue weighted by molar-refractivity contribution is 0.0165. The van der Waals surface area contributed by atoms with Crippen LogP contribution in [0.4, 0.5) is 10.5 Å². The number of benzene rings is 3. The molecule has 0 spiro atoms. The van der Waals surface area contributed by atoms with Gasteiger partial charge in [-0.05, 0) is 92.0 Å². The second-order valence-electron chi connectivity index (χ2n) is 13.4. The quantitative estimate of drug-likeness (QED) is 0.167. The number of methoxy groups -OCH3 is 1. The summed E-state index contributed by atoms with van der Waals surface area (Å²) < 4.78 is 17.6. The fourth-order valence-corrected chi connectivity index (χ4v) is 5.80. The number of nitrogens with one attached hydrogen (secondary N) is 1. The summed E-state index contributed by atoms with van der Waals surface area (Å²) in [4.78, 5) is 27.3. The minimum absolute atomic E-state index is 0.0243. The number of carbonyl (C=O) groups is 2. The Labute approximate surface area is 269 Å². The molecular formula is C35H47ClN2O5Si. The third-order valence-corrected chi connectivity index (χ3v) is 12.4. The first-order valence-electron chi connectivity index (χ1n) is 14.9. The monoisotopic (exact) mass is 638 g/mol. The van der Waals surface area contributed by atoms with Gasteiger partial charge in [-0.1, -0.05) is 68.8 Å². The van der Waals surface area contributed by atoms with Crippen molar-refractivity contribution < 1.29 is 23.5 Å². The summed E-state index contributed by atoms with van der Waals surface area (Å²) in [6.07, 6.45) is -0.786. The van der Waals surface area contributed by atoms with Crippen molar-refractivity contribution in [2.24, 2.45) is 0 Å². The fraction of sp³-hybridized carbons (Fsp3) is 0.429. The highest BCUT2D eigenvalue weighted by Gasteiger charge is 2.40. The molecule has 1 atom stereocenters. The van der Waals surface area contributed by atoms with Gasteiger partial charge in [0.05, 0.1) is 25.3 Å². The predicted molar refractivity (Wildman–Crippen MR) is 182 cm³/mol. The number of amides is 1. The maximum Gasteiger partial charge on any atom is 0.410 e. The van der Waals surface area contributed by atoms with E-state index in [9.17, 15) is 9.59 Å². The Morgan fingerprint density at radius 3 is 2.16 bits per heavy atom. The van der Waals surface area contributed by atoms with Crippen LogP contribution in [0.15, 0.2) is 72.8 Å². The van der Waals surface area contributed by atoms with Crippen molar-refractivity contribution in [2.45, 2.75) is 71.4 Å². The van der Waals surface area contributed by atoms with Gasteiger partial charge in [0, 0.05) is 23.8 Å². The molecular weight excluding hydrogens is 592 g/mol. The van der Waals surface area contributed by atoms with Crippen molar-refractivity contribution in [2.75, 3.05) is 32.1 Å². The predicted octanol–water partition coefficient (Wildman–Crippen LogP) is 9.21.